The molecule has 9 heteroatoms. The van der Waals surface area contributed by atoms with Crippen LogP contribution in [-0.4, -0.2) is 50.4 Å². The second-order valence-corrected chi connectivity index (χ2v) is 8.47. The highest BCUT2D eigenvalue weighted by atomic mass is 32.2. The van der Waals surface area contributed by atoms with E-state index in [1.165, 1.54) is 6.20 Å². The second-order valence-electron chi connectivity index (χ2n) is 7.40. The third-order valence-electron chi connectivity index (χ3n) is 5.36. The molecule has 2 N–H and O–H groups in total. The van der Waals surface area contributed by atoms with Gasteiger partial charge in [-0.05, 0) is 17.7 Å². The lowest BCUT2D eigenvalue weighted by Crippen LogP contribution is -2.48. The van der Waals surface area contributed by atoms with Gasteiger partial charge in [0.05, 0.1) is 29.9 Å². The maximum Gasteiger partial charge on any atom is 0.270 e. The van der Waals surface area contributed by atoms with E-state index in [0.29, 0.717) is 18.0 Å². The Hall–Kier alpha value is -3.59. The van der Waals surface area contributed by atoms with Crippen molar-refractivity contribution < 1.29 is 9.59 Å². The van der Waals surface area contributed by atoms with Crippen LogP contribution in [0.25, 0.3) is 10.9 Å². The minimum atomic E-state index is -0.647. The molecule has 31 heavy (non-hydrogen) atoms. The van der Waals surface area contributed by atoms with E-state index in [9.17, 15) is 9.59 Å². The van der Waals surface area contributed by atoms with Crippen LogP contribution in [0.3, 0.4) is 0 Å². The molecule has 1 atom stereocenters. The van der Waals surface area contributed by atoms with Gasteiger partial charge in [0.2, 0.25) is 5.91 Å². The first-order valence-electron chi connectivity index (χ1n) is 9.82. The Kier molecular flexibility index (Phi) is 4.95. The molecule has 2 aromatic carbocycles. The average Bonchev–Trinajstić information content (AvgIpc) is 3.42. The minimum Gasteiger partial charge on any atom is -0.338 e. The highest BCUT2D eigenvalue weighted by Gasteiger charge is 2.31. The quantitative estimate of drug-likeness (QED) is 0.517. The normalized spacial score (nSPS) is 16.2. The number of rotatable bonds is 4. The molecule has 0 unspecified atom stereocenters. The number of likely N-dealkylation sites (N-methyl/N-ethyl adjacent to an activating group) is 1. The summed E-state index contributed by atoms with van der Waals surface area (Å²) < 4.78 is 1.78. The zero-order valence-electron chi connectivity index (χ0n) is 16.8. The van der Waals surface area contributed by atoms with E-state index < -0.39 is 6.04 Å². The summed E-state index contributed by atoms with van der Waals surface area (Å²) in [5, 5.41) is 10.9. The molecule has 0 radical (unpaired) electrons. The van der Waals surface area contributed by atoms with Gasteiger partial charge in [-0.1, -0.05) is 30.3 Å². The smallest absolute Gasteiger partial charge is 0.270 e. The van der Waals surface area contributed by atoms with E-state index in [1.807, 2.05) is 42.5 Å². The Bertz CT molecular complexity index is 1270. The summed E-state index contributed by atoms with van der Waals surface area (Å²) in [4.78, 5) is 32.8. The number of H-pyrrole nitrogens is 1. The number of carbonyl (C=O) groups excluding carboxylic acids is 2. The highest BCUT2D eigenvalue weighted by molar-refractivity contribution is 7.99. The van der Waals surface area contributed by atoms with E-state index in [2.05, 4.69) is 20.5 Å². The van der Waals surface area contributed by atoms with Gasteiger partial charge < -0.3 is 14.8 Å². The first-order chi connectivity index (χ1) is 15.1. The number of benzene rings is 2. The van der Waals surface area contributed by atoms with Crippen molar-refractivity contribution in [1.82, 2.24) is 25.1 Å². The fourth-order valence-electron chi connectivity index (χ4n) is 3.69. The summed E-state index contributed by atoms with van der Waals surface area (Å²) in [7, 11) is 1.73. The maximum absolute atomic E-state index is 13.1. The number of imidazole rings is 1. The minimum absolute atomic E-state index is 0.156. The summed E-state index contributed by atoms with van der Waals surface area (Å²) in [6, 6.07) is 13.1. The largest absolute Gasteiger partial charge is 0.338 e. The molecule has 156 valence electrons. The number of carbonyl (C=O) groups is 2. The lowest BCUT2D eigenvalue weighted by molar-refractivity contribution is -0.119. The number of fused-ring (bicyclic) bond motifs is 2. The van der Waals surface area contributed by atoms with Crippen LogP contribution in [0.5, 0.6) is 0 Å². The van der Waals surface area contributed by atoms with Gasteiger partial charge in [0.15, 0.2) is 0 Å². The molecule has 3 heterocycles. The van der Waals surface area contributed by atoms with Crippen molar-refractivity contribution in [1.29, 1.82) is 0 Å². The zero-order chi connectivity index (χ0) is 21.4. The zero-order valence-corrected chi connectivity index (χ0v) is 17.6. The number of hydrogen-bond donors (Lipinski definition) is 2. The molecule has 2 aromatic heterocycles. The van der Waals surface area contributed by atoms with Crippen LogP contribution in [-0.2, 0) is 11.3 Å². The lowest BCUT2D eigenvalue weighted by atomic mass is 10.2. The van der Waals surface area contributed by atoms with E-state index >= 15 is 0 Å². The Morgan fingerprint density at radius 1 is 1.26 bits per heavy atom. The summed E-state index contributed by atoms with van der Waals surface area (Å²) in [5.41, 5.74) is 3.22. The molecule has 0 saturated heterocycles. The second kappa shape index (κ2) is 7.92. The van der Waals surface area contributed by atoms with Crippen LogP contribution < -0.4 is 10.2 Å². The van der Waals surface area contributed by atoms with Crippen LogP contribution in [0.4, 0.5) is 5.69 Å². The number of aromatic amines is 1. The van der Waals surface area contributed by atoms with Gasteiger partial charge in [-0.15, -0.1) is 11.8 Å². The predicted molar refractivity (Wildman–Crippen MR) is 119 cm³/mol. The summed E-state index contributed by atoms with van der Waals surface area (Å²) in [6.45, 7) is 0.530. The van der Waals surface area contributed by atoms with Crippen molar-refractivity contribution >= 4 is 40.2 Å². The molecule has 0 saturated carbocycles. The number of nitrogens with zero attached hydrogens (tertiary/aromatic N) is 4. The highest BCUT2D eigenvalue weighted by Crippen LogP contribution is 2.36. The van der Waals surface area contributed by atoms with Crippen LogP contribution in [0.15, 0.2) is 66.1 Å². The first kappa shape index (κ1) is 19.4. The molecule has 8 nitrogen and oxygen atoms in total. The number of hydrogen-bond acceptors (Lipinski definition) is 5. The van der Waals surface area contributed by atoms with E-state index in [1.54, 1.807) is 40.8 Å². The topological polar surface area (TPSA) is 95.9 Å². The SMILES string of the molecule is CN1C(=O)[C@@H](NC(=O)c2cncn2Cc2ccccc2)CSc2cc3[nH]ncc3cc21. The van der Waals surface area contributed by atoms with Gasteiger partial charge in [0.25, 0.3) is 5.91 Å². The molecular formula is C22H20N6O2S. The average molecular weight is 433 g/mol. The van der Waals surface area contributed by atoms with Crippen molar-refractivity contribution in [2.75, 3.05) is 17.7 Å². The third kappa shape index (κ3) is 3.68. The lowest BCUT2D eigenvalue weighted by Gasteiger charge is -2.22. The first-order valence-corrected chi connectivity index (χ1v) is 10.8. The van der Waals surface area contributed by atoms with Crippen LogP contribution in [0.1, 0.15) is 16.1 Å². The van der Waals surface area contributed by atoms with E-state index in [4.69, 9.17) is 0 Å². The summed E-state index contributed by atoms with van der Waals surface area (Å²) in [5.74, 6) is -0.0337. The molecule has 0 aliphatic carbocycles. The van der Waals surface area contributed by atoms with Crippen LogP contribution in [0.2, 0.25) is 0 Å². The van der Waals surface area contributed by atoms with Crippen LogP contribution >= 0.6 is 11.8 Å². The number of anilines is 1. The molecule has 0 bridgehead atoms. The Morgan fingerprint density at radius 2 is 2.10 bits per heavy atom. The Morgan fingerprint density at radius 3 is 2.94 bits per heavy atom. The third-order valence-corrected chi connectivity index (χ3v) is 6.50. The number of amides is 2. The van der Waals surface area contributed by atoms with Crippen molar-refractivity contribution in [2.24, 2.45) is 0 Å². The standard InChI is InChI=1S/C22H20N6O2S/c1-27-18-7-15-9-24-26-16(15)8-20(18)31-12-17(22(27)30)25-21(29)19-10-23-13-28(19)11-14-5-3-2-4-6-14/h2-10,13,17H,11-12H2,1H3,(H,24,26)(H,25,29)/t17-/m0/s1. The van der Waals surface area contributed by atoms with Crippen LogP contribution in [0, 0.1) is 0 Å². The van der Waals surface area contributed by atoms with Gasteiger partial charge >= 0.3 is 0 Å². The predicted octanol–water partition coefficient (Wildman–Crippen LogP) is 2.67. The molecule has 4 aromatic rings. The van der Waals surface area contributed by atoms with Gasteiger partial charge in [-0.25, -0.2) is 4.98 Å². The van der Waals surface area contributed by atoms with Crippen molar-refractivity contribution in [2.45, 2.75) is 17.5 Å². The number of nitrogens with one attached hydrogen (secondary N) is 2. The number of aromatic nitrogens is 4. The fourth-order valence-corrected chi connectivity index (χ4v) is 4.80. The van der Waals surface area contributed by atoms with Gasteiger partial charge in [-0.3, -0.25) is 14.7 Å². The van der Waals surface area contributed by atoms with Crippen molar-refractivity contribution in [3.8, 4) is 0 Å². The molecule has 0 fully saturated rings. The fraction of sp³-hybridized carbons (Fsp3) is 0.182. The van der Waals surface area contributed by atoms with Gasteiger partial charge in [-0.2, -0.15) is 5.10 Å². The Labute approximate surface area is 182 Å². The van der Waals surface area contributed by atoms with Crippen molar-refractivity contribution in [3.05, 3.63) is 72.4 Å². The van der Waals surface area contributed by atoms with Gasteiger partial charge in [0.1, 0.15) is 11.7 Å². The molecule has 1 aliphatic heterocycles. The summed E-state index contributed by atoms with van der Waals surface area (Å²) >= 11 is 1.54. The molecular weight excluding hydrogens is 412 g/mol. The Balaban J connectivity index is 1.35. The number of thioether (sulfide) groups is 1. The molecule has 0 spiro atoms. The molecule has 5 rings (SSSR count). The van der Waals surface area contributed by atoms with Gasteiger partial charge in [0, 0.05) is 29.6 Å². The monoisotopic (exact) mass is 432 g/mol. The molecule has 1 aliphatic rings. The summed E-state index contributed by atoms with van der Waals surface area (Å²) in [6.07, 6.45) is 4.89. The van der Waals surface area contributed by atoms with E-state index in [0.717, 1.165) is 27.0 Å². The molecule has 2 amide bonds. The van der Waals surface area contributed by atoms with Crippen molar-refractivity contribution in [3.63, 3.8) is 0 Å². The maximum atomic E-state index is 13.1. The van der Waals surface area contributed by atoms with E-state index in [-0.39, 0.29) is 11.8 Å².